The van der Waals surface area contributed by atoms with Crippen molar-refractivity contribution in [1.29, 1.82) is 0 Å². The summed E-state index contributed by atoms with van der Waals surface area (Å²) in [6, 6.07) is 5.75. The van der Waals surface area contributed by atoms with Crippen LogP contribution in [0.1, 0.15) is 72.8 Å². The number of halogens is 1. The third kappa shape index (κ3) is 7.34. The molecule has 1 aromatic carbocycles. The molecule has 3 rings (SSSR count). The van der Waals surface area contributed by atoms with Crippen molar-refractivity contribution in [2.24, 2.45) is 10.9 Å². The van der Waals surface area contributed by atoms with Crippen LogP contribution in [0, 0.1) is 5.92 Å². The number of hydrogen-bond acceptors (Lipinski definition) is 4. The number of aliphatic imine (C=N–C) groups is 1. The highest BCUT2D eigenvalue weighted by Crippen LogP contribution is 2.37. The highest BCUT2D eigenvalue weighted by Gasteiger charge is 2.35. The number of carbonyl (C=O) groups excluding carboxylic acids is 1. The molecule has 1 aliphatic carbocycles. The van der Waals surface area contributed by atoms with E-state index in [0.29, 0.717) is 18.1 Å². The molecule has 0 saturated heterocycles. The van der Waals surface area contributed by atoms with Gasteiger partial charge in [-0.2, -0.15) is 0 Å². The molecule has 1 aromatic rings. The van der Waals surface area contributed by atoms with Crippen molar-refractivity contribution in [3.8, 4) is 0 Å². The van der Waals surface area contributed by atoms with E-state index in [2.05, 4.69) is 38.8 Å². The van der Waals surface area contributed by atoms with E-state index in [9.17, 15) is 4.79 Å². The van der Waals surface area contributed by atoms with Gasteiger partial charge in [0.25, 0.3) is 0 Å². The lowest BCUT2D eigenvalue weighted by Crippen LogP contribution is -2.42. The number of hydrogen-bond donors (Lipinski definition) is 0. The van der Waals surface area contributed by atoms with Gasteiger partial charge in [-0.3, -0.25) is 4.90 Å². The zero-order valence-electron chi connectivity index (χ0n) is 22.1. The van der Waals surface area contributed by atoms with Crippen LogP contribution >= 0.6 is 11.6 Å². The fourth-order valence-corrected chi connectivity index (χ4v) is 4.94. The lowest BCUT2D eigenvalue weighted by atomic mass is 9.85. The zero-order chi connectivity index (χ0) is 26.0. The van der Waals surface area contributed by atoms with Crippen LogP contribution in [0.5, 0.6) is 0 Å². The minimum atomic E-state index is -0.592. The first-order valence-electron chi connectivity index (χ1n) is 12.4. The van der Waals surface area contributed by atoms with Gasteiger partial charge in [-0.25, -0.2) is 9.79 Å². The Labute approximate surface area is 215 Å². The van der Waals surface area contributed by atoms with E-state index < -0.39 is 5.60 Å². The molecule has 0 spiro atoms. The molecule has 0 aromatic heterocycles. The highest BCUT2D eigenvalue weighted by molar-refractivity contribution is 6.30. The first-order valence-corrected chi connectivity index (χ1v) is 12.8. The van der Waals surface area contributed by atoms with Gasteiger partial charge < -0.3 is 14.4 Å². The first-order chi connectivity index (χ1) is 16.3. The summed E-state index contributed by atoms with van der Waals surface area (Å²) in [6.45, 7) is 20.8. The molecule has 1 saturated carbocycles. The Morgan fingerprint density at radius 2 is 1.74 bits per heavy atom. The molecule has 6 nitrogen and oxygen atoms in total. The van der Waals surface area contributed by atoms with E-state index in [-0.39, 0.29) is 23.7 Å². The zero-order valence-corrected chi connectivity index (χ0v) is 22.8. The molecule has 1 aliphatic heterocycles. The van der Waals surface area contributed by atoms with Gasteiger partial charge in [-0.1, -0.05) is 24.8 Å². The van der Waals surface area contributed by atoms with Crippen molar-refractivity contribution < 1.29 is 14.3 Å². The molecule has 0 unspecified atom stereocenters. The number of amidine groups is 1. The number of ether oxygens (including phenoxy) is 2. The largest absolute Gasteiger partial charge is 0.444 e. The minimum Gasteiger partial charge on any atom is -0.444 e. The molecule has 0 N–H and O–H groups in total. The normalized spacial score (nSPS) is 21.9. The summed E-state index contributed by atoms with van der Waals surface area (Å²) in [5.74, 6) is 1.12. The number of anilines is 1. The molecular formula is C28H40ClN3O3. The van der Waals surface area contributed by atoms with Crippen LogP contribution in [0.15, 0.2) is 48.2 Å². The number of fused-ring (bicyclic) bond motifs is 1. The van der Waals surface area contributed by atoms with E-state index in [1.807, 2.05) is 39.0 Å². The van der Waals surface area contributed by atoms with Crippen molar-refractivity contribution in [2.75, 3.05) is 11.4 Å². The maximum atomic E-state index is 13.0. The fourth-order valence-electron chi connectivity index (χ4n) is 4.74. The lowest BCUT2D eigenvalue weighted by molar-refractivity contribution is -0.0756. The second-order valence-corrected chi connectivity index (χ2v) is 11.8. The van der Waals surface area contributed by atoms with Gasteiger partial charge in [0.15, 0.2) is 0 Å². The first kappa shape index (κ1) is 27.3. The maximum Gasteiger partial charge on any atom is 0.410 e. The van der Waals surface area contributed by atoms with Crippen molar-refractivity contribution in [3.05, 3.63) is 53.8 Å². The summed E-state index contributed by atoms with van der Waals surface area (Å²) in [4.78, 5) is 21.5. The molecule has 1 fully saturated rings. The predicted octanol–water partition coefficient (Wildman–Crippen LogP) is 7.33. The molecule has 0 radical (unpaired) electrons. The van der Waals surface area contributed by atoms with Crippen molar-refractivity contribution in [2.45, 2.75) is 91.1 Å². The molecule has 0 atom stereocenters. The molecule has 1 amide bonds. The van der Waals surface area contributed by atoms with E-state index >= 15 is 0 Å². The summed E-state index contributed by atoms with van der Waals surface area (Å²) in [6.07, 6.45) is 5.30. The third-order valence-electron chi connectivity index (χ3n) is 6.00. The summed E-state index contributed by atoms with van der Waals surface area (Å²) < 4.78 is 11.9. The van der Waals surface area contributed by atoms with Crippen LogP contribution in [0.3, 0.4) is 0 Å². The van der Waals surface area contributed by atoms with Gasteiger partial charge in [0.1, 0.15) is 11.4 Å². The van der Waals surface area contributed by atoms with Gasteiger partial charge in [0.05, 0.1) is 30.5 Å². The molecular weight excluding hydrogens is 462 g/mol. The van der Waals surface area contributed by atoms with E-state index in [1.54, 1.807) is 11.1 Å². The average molecular weight is 502 g/mol. The number of rotatable bonds is 3. The van der Waals surface area contributed by atoms with Gasteiger partial charge in [-0.05, 0) is 91.0 Å². The summed E-state index contributed by atoms with van der Waals surface area (Å²) in [7, 11) is 0. The second kappa shape index (κ2) is 10.8. The summed E-state index contributed by atoms with van der Waals surface area (Å²) in [5.41, 5.74) is 1.86. The van der Waals surface area contributed by atoms with Crippen LogP contribution < -0.4 is 4.90 Å². The van der Waals surface area contributed by atoms with E-state index in [1.165, 1.54) is 0 Å². The van der Waals surface area contributed by atoms with Crippen LogP contribution in [0.4, 0.5) is 10.5 Å². The Hall–Kier alpha value is -2.31. The summed E-state index contributed by atoms with van der Waals surface area (Å²) >= 11 is 6.37. The standard InChI is InChI=1S/C28H40ClN3O3/c1-9-30-25(20-10-13-23(14-11-20)34-27(3,4)5)32-19(2)17-31(26(33)35-28(6,7)8)18-21-16-22(29)12-15-24(21)32/h9,12,15-16,20,23H,1-2,10-11,13-14,17-18H2,3-8H3. The topological polar surface area (TPSA) is 54.4 Å². The quantitative estimate of drug-likeness (QED) is 0.321. The molecule has 192 valence electrons. The summed E-state index contributed by atoms with van der Waals surface area (Å²) in [5, 5.41) is 0.613. The number of nitrogens with zero attached hydrogens (tertiary/aromatic N) is 3. The molecule has 35 heavy (non-hydrogen) atoms. The van der Waals surface area contributed by atoms with Crippen LogP contribution in [0.25, 0.3) is 0 Å². The SMILES string of the molecule is C=CN=C(C1CCC(OC(C)(C)C)CC1)N1C(=C)CN(C(=O)OC(C)(C)C)Cc2cc(Cl)ccc21. The lowest BCUT2D eigenvalue weighted by Gasteiger charge is -2.37. The fraction of sp³-hybridized carbons (Fsp3) is 0.571. The monoisotopic (exact) mass is 501 g/mol. The van der Waals surface area contributed by atoms with Crippen LogP contribution in [-0.2, 0) is 16.0 Å². The Kier molecular flexibility index (Phi) is 8.38. The Balaban J connectivity index is 1.92. The Morgan fingerprint density at radius 1 is 1.09 bits per heavy atom. The van der Waals surface area contributed by atoms with Gasteiger partial charge in [-0.15, -0.1) is 0 Å². The van der Waals surface area contributed by atoms with Crippen molar-refractivity contribution in [1.82, 2.24) is 4.90 Å². The van der Waals surface area contributed by atoms with Gasteiger partial charge in [0.2, 0.25) is 0 Å². The van der Waals surface area contributed by atoms with E-state index in [4.69, 9.17) is 26.1 Å². The molecule has 1 heterocycles. The maximum absolute atomic E-state index is 13.0. The number of benzene rings is 1. The van der Waals surface area contributed by atoms with Crippen molar-refractivity contribution in [3.63, 3.8) is 0 Å². The Bertz CT molecular complexity index is 982. The van der Waals surface area contributed by atoms with Crippen molar-refractivity contribution >= 4 is 29.2 Å². The number of carbonyl (C=O) groups is 1. The second-order valence-electron chi connectivity index (χ2n) is 11.4. The molecule has 7 heteroatoms. The van der Waals surface area contributed by atoms with Gasteiger partial charge >= 0.3 is 6.09 Å². The van der Waals surface area contributed by atoms with Crippen LogP contribution in [0.2, 0.25) is 5.02 Å². The highest BCUT2D eigenvalue weighted by atomic mass is 35.5. The van der Waals surface area contributed by atoms with E-state index in [0.717, 1.165) is 48.5 Å². The number of amides is 1. The predicted molar refractivity (Wildman–Crippen MR) is 144 cm³/mol. The smallest absolute Gasteiger partial charge is 0.410 e. The minimum absolute atomic E-state index is 0.155. The average Bonchev–Trinajstić information content (AvgIpc) is 2.86. The van der Waals surface area contributed by atoms with Crippen LogP contribution in [-0.4, -0.2) is 40.7 Å². The molecule has 0 bridgehead atoms. The Morgan fingerprint density at radius 3 is 2.31 bits per heavy atom. The molecule has 2 aliphatic rings. The third-order valence-corrected chi connectivity index (χ3v) is 6.23. The van der Waals surface area contributed by atoms with Gasteiger partial charge in [0, 0.05) is 22.8 Å².